The lowest BCUT2D eigenvalue weighted by Crippen LogP contribution is -2.35. The van der Waals surface area contributed by atoms with E-state index >= 15 is 0 Å². The maximum Gasteiger partial charge on any atom is 0.221 e. The zero-order chi connectivity index (χ0) is 22.1. The molecule has 1 aromatic carbocycles. The fourth-order valence-corrected chi connectivity index (χ4v) is 4.57. The van der Waals surface area contributed by atoms with Gasteiger partial charge in [0.15, 0.2) is 0 Å². The van der Waals surface area contributed by atoms with Crippen LogP contribution in [0, 0.1) is 5.92 Å². The van der Waals surface area contributed by atoms with Gasteiger partial charge in [-0.05, 0) is 48.4 Å². The van der Waals surface area contributed by atoms with E-state index in [0.717, 1.165) is 68.3 Å². The third-order valence-electron chi connectivity index (χ3n) is 6.57. The van der Waals surface area contributed by atoms with Crippen LogP contribution in [-0.2, 0) is 11.3 Å². The summed E-state index contributed by atoms with van der Waals surface area (Å²) in [6, 6.07) is 4.40. The molecule has 3 heterocycles. The first-order valence-electron chi connectivity index (χ1n) is 11.6. The molecule has 8 heteroatoms. The van der Waals surface area contributed by atoms with Gasteiger partial charge in [0.05, 0.1) is 19.8 Å². The van der Waals surface area contributed by atoms with Crippen molar-refractivity contribution in [1.29, 1.82) is 0 Å². The Kier molecular flexibility index (Phi) is 5.89. The monoisotopic (exact) mass is 436 g/mol. The molecule has 2 aliphatic rings. The third kappa shape index (κ3) is 4.38. The molecule has 0 bridgehead atoms. The number of nitrogens with zero attached hydrogens (tertiary/aromatic N) is 3. The van der Waals surface area contributed by atoms with Crippen molar-refractivity contribution in [2.75, 3.05) is 44.4 Å². The quantitative estimate of drug-likeness (QED) is 0.496. The van der Waals surface area contributed by atoms with Crippen molar-refractivity contribution < 1.29 is 9.47 Å². The molecule has 1 aliphatic carbocycles. The van der Waals surface area contributed by atoms with E-state index in [1.165, 1.54) is 23.8 Å². The van der Waals surface area contributed by atoms with Crippen molar-refractivity contribution in [3.05, 3.63) is 41.2 Å². The summed E-state index contributed by atoms with van der Waals surface area (Å²) in [5.74, 6) is 2.32. The number of rotatable bonds is 8. The van der Waals surface area contributed by atoms with Crippen LogP contribution in [0.2, 0.25) is 0 Å². The number of benzene rings is 1. The summed E-state index contributed by atoms with van der Waals surface area (Å²) in [5.41, 5.74) is 16.3. The van der Waals surface area contributed by atoms with Crippen LogP contribution in [0.3, 0.4) is 0 Å². The maximum absolute atomic E-state index is 6.41. The van der Waals surface area contributed by atoms with Crippen LogP contribution in [0.1, 0.15) is 48.8 Å². The van der Waals surface area contributed by atoms with Gasteiger partial charge in [-0.1, -0.05) is 6.92 Å². The predicted octanol–water partition coefficient (Wildman–Crippen LogP) is 3.29. The predicted molar refractivity (Wildman–Crippen MR) is 126 cm³/mol. The van der Waals surface area contributed by atoms with Crippen molar-refractivity contribution in [1.82, 2.24) is 19.9 Å². The minimum atomic E-state index is 0.0641. The number of ether oxygens (including phenoxy) is 2. The SMILES string of the molecule is CCC(c1cc(OCC2CC2)c2c(CN3CCOCC3)c[nH]c2c1)c1cnc(N)nc1N. The van der Waals surface area contributed by atoms with E-state index in [2.05, 4.69) is 45.1 Å². The second-order valence-corrected chi connectivity index (χ2v) is 8.93. The van der Waals surface area contributed by atoms with Crippen molar-refractivity contribution in [3.63, 3.8) is 0 Å². The molecule has 5 rings (SSSR count). The van der Waals surface area contributed by atoms with Crippen molar-refractivity contribution >= 4 is 22.7 Å². The lowest BCUT2D eigenvalue weighted by Gasteiger charge is -2.26. The topological polar surface area (TPSA) is 115 Å². The van der Waals surface area contributed by atoms with E-state index < -0.39 is 0 Å². The first kappa shape index (κ1) is 21.0. The first-order valence-corrected chi connectivity index (χ1v) is 11.6. The van der Waals surface area contributed by atoms with E-state index in [1.54, 1.807) is 6.20 Å². The molecule has 8 nitrogen and oxygen atoms in total. The molecule has 0 radical (unpaired) electrons. The van der Waals surface area contributed by atoms with Crippen LogP contribution in [0.15, 0.2) is 24.5 Å². The molecule has 1 saturated carbocycles. The highest BCUT2D eigenvalue weighted by molar-refractivity contribution is 5.90. The fourth-order valence-electron chi connectivity index (χ4n) is 4.57. The zero-order valence-corrected chi connectivity index (χ0v) is 18.6. The Morgan fingerprint density at radius 2 is 2.06 bits per heavy atom. The molecule has 170 valence electrons. The molecule has 1 atom stereocenters. The lowest BCUT2D eigenvalue weighted by atomic mass is 9.89. The number of nitrogens with one attached hydrogen (secondary N) is 1. The number of H-pyrrole nitrogens is 1. The number of morpholine rings is 1. The standard InChI is InChI=1S/C24H32N6O2/c1-2-18(19-12-28-24(26)29-23(19)25)16-9-20-22(21(10-16)32-14-15-3-4-15)17(11-27-20)13-30-5-7-31-8-6-30/h9-12,15,18,27H,2-8,13-14H2,1H3,(H4,25,26,28,29). The van der Waals surface area contributed by atoms with Gasteiger partial charge < -0.3 is 25.9 Å². The number of anilines is 2. The highest BCUT2D eigenvalue weighted by atomic mass is 16.5. The Morgan fingerprint density at radius 1 is 1.25 bits per heavy atom. The summed E-state index contributed by atoms with van der Waals surface area (Å²) in [6.07, 6.45) is 7.25. The van der Waals surface area contributed by atoms with Crippen LogP contribution >= 0.6 is 0 Å². The second kappa shape index (κ2) is 8.96. The Hall–Kier alpha value is -2.84. The number of fused-ring (bicyclic) bond motifs is 1. The van der Waals surface area contributed by atoms with Crippen LogP contribution in [0.25, 0.3) is 10.9 Å². The van der Waals surface area contributed by atoms with Gasteiger partial charge in [-0.2, -0.15) is 4.98 Å². The van der Waals surface area contributed by atoms with Gasteiger partial charge in [0.1, 0.15) is 11.6 Å². The summed E-state index contributed by atoms with van der Waals surface area (Å²) >= 11 is 0. The van der Waals surface area contributed by atoms with Crippen LogP contribution in [-0.4, -0.2) is 52.8 Å². The molecule has 2 fully saturated rings. The number of aromatic nitrogens is 3. The van der Waals surface area contributed by atoms with Crippen LogP contribution < -0.4 is 16.2 Å². The number of nitrogens with two attached hydrogens (primary N) is 2. The number of hydrogen-bond acceptors (Lipinski definition) is 7. The van der Waals surface area contributed by atoms with Gasteiger partial charge in [0, 0.05) is 54.4 Å². The Bertz CT molecular complexity index is 1090. The van der Waals surface area contributed by atoms with Gasteiger partial charge in [0.2, 0.25) is 5.95 Å². The average Bonchev–Trinajstić information content (AvgIpc) is 3.54. The summed E-state index contributed by atoms with van der Waals surface area (Å²) in [7, 11) is 0. The van der Waals surface area contributed by atoms with E-state index in [-0.39, 0.29) is 11.9 Å². The van der Waals surface area contributed by atoms with Gasteiger partial charge in [-0.3, -0.25) is 4.90 Å². The minimum Gasteiger partial charge on any atom is -0.493 e. The molecular weight excluding hydrogens is 404 g/mol. The number of hydrogen-bond donors (Lipinski definition) is 3. The highest BCUT2D eigenvalue weighted by Crippen LogP contribution is 2.39. The molecule has 0 spiro atoms. The summed E-state index contributed by atoms with van der Waals surface area (Å²) in [6.45, 7) is 7.30. The molecule has 1 unspecified atom stereocenters. The van der Waals surface area contributed by atoms with E-state index in [1.807, 2.05) is 0 Å². The van der Waals surface area contributed by atoms with E-state index in [9.17, 15) is 0 Å². The first-order chi connectivity index (χ1) is 15.6. The third-order valence-corrected chi connectivity index (χ3v) is 6.57. The summed E-state index contributed by atoms with van der Waals surface area (Å²) in [5, 5.41) is 1.18. The van der Waals surface area contributed by atoms with Crippen molar-refractivity contribution in [2.45, 2.75) is 38.6 Å². The average molecular weight is 437 g/mol. The molecule has 5 N–H and O–H groups in total. The van der Waals surface area contributed by atoms with Gasteiger partial charge in [0.25, 0.3) is 0 Å². The highest BCUT2D eigenvalue weighted by Gasteiger charge is 2.25. The number of aromatic amines is 1. The van der Waals surface area contributed by atoms with Crippen molar-refractivity contribution in [3.8, 4) is 5.75 Å². The van der Waals surface area contributed by atoms with Crippen LogP contribution in [0.4, 0.5) is 11.8 Å². The summed E-state index contributed by atoms with van der Waals surface area (Å²) < 4.78 is 11.9. The molecule has 1 aliphatic heterocycles. The molecule has 0 amide bonds. The van der Waals surface area contributed by atoms with Gasteiger partial charge >= 0.3 is 0 Å². The molecule has 32 heavy (non-hydrogen) atoms. The largest absolute Gasteiger partial charge is 0.493 e. The number of nitrogen functional groups attached to an aromatic ring is 2. The minimum absolute atomic E-state index is 0.0641. The molecule has 1 saturated heterocycles. The van der Waals surface area contributed by atoms with Gasteiger partial charge in [-0.15, -0.1) is 0 Å². The molecular formula is C24H32N6O2. The van der Waals surface area contributed by atoms with E-state index in [4.69, 9.17) is 20.9 Å². The molecule has 2 aromatic heterocycles. The van der Waals surface area contributed by atoms with Crippen LogP contribution in [0.5, 0.6) is 5.75 Å². The smallest absolute Gasteiger partial charge is 0.221 e. The van der Waals surface area contributed by atoms with Gasteiger partial charge in [-0.25, -0.2) is 4.98 Å². The Morgan fingerprint density at radius 3 is 2.78 bits per heavy atom. The zero-order valence-electron chi connectivity index (χ0n) is 18.6. The Labute approximate surface area is 188 Å². The fraction of sp³-hybridized carbons (Fsp3) is 0.500. The Balaban J connectivity index is 1.53. The van der Waals surface area contributed by atoms with Crippen molar-refractivity contribution in [2.24, 2.45) is 5.92 Å². The van der Waals surface area contributed by atoms with E-state index in [0.29, 0.717) is 11.7 Å². The lowest BCUT2D eigenvalue weighted by molar-refractivity contribution is 0.0343. The molecule has 3 aromatic rings. The normalized spacial score (nSPS) is 18.2. The second-order valence-electron chi connectivity index (χ2n) is 8.93. The maximum atomic E-state index is 6.41. The summed E-state index contributed by atoms with van der Waals surface area (Å²) in [4.78, 5) is 14.3.